The fourth-order valence-electron chi connectivity index (χ4n) is 3.48. The lowest BCUT2D eigenvalue weighted by molar-refractivity contribution is -0.115. The maximum Gasteiger partial charge on any atom is 0.261 e. The van der Waals surface area contributed by atoms with E-state index in [1.165, 1.54) is 31.4 Å². The molecule has 0 atom stereocenters. The maximum atomic E-state index is 12.6. The smallest absolute Gasteiger partial charge is 0.261 e. The number of methoxy groups -OCH3 is 1. The molecule has 0 aliphatic rings. The van der Waals surface area contributed by atoms with Crippen LogP contribution in [0.3, 0.4) is 0 Å². The van der Waals surface area contributed by atoms with Crippen LogP contribution >= 0.6 is 0 Å². The van der Waals surface area contributed by atoms with E-state index in [-0.39, 0.29) is 22.9 Å². The van der Waals surface area contributed by atoms with E-state index in [4.69, 9.17) is 4.74 Å². The third kappa shape index (κ3) is 6.14. The van der Waals surface area contributed by atoms with Crippen molar-refractivity contribution in [2.75, 3.05) is 23.7 Å². The van der Waals surface area contributed by atoms with Crippen molar-refractivity contribution in [2.24, 2.45) is 0 Å². The minimum Gasteiger partial charge on any atom is -0.497 e. The molecule has 34 heavy (non-hydrogen) atoms. The molecule has 0 aromatic heterocycles. The zero-order valence-electron chi connectivity index (χ0n) is 19.4. The molecule has 8 nitrogen and oxygen atoms in total. The summed E-state index contributed by atoms with van der Waals surface area (Å²) in [6.07, 6.45) is 0. The van der Waals surface area contributed by atoms with Gasteiger partial charge in [-0.1, -0.05) is 17.7 Å². The number of sulfonamides is 1. The Morgan fingerprint density at radius 1 is 0.882 bits per heavy atom. The molecule has 3 aromatic carbocycles. The van der Waals surface area contributed by atoms with E-state index >= 15 is 0 Å². The molecular weight excluding hydrogens is 454 g/mol. The molecule has 0 aliphatic carbocycles. The maximum absolute atomic E-state index is 12.6. The first-order valence-corrected chi connectivity index (χ1v) is 12.0. The van der Waals surface area contributed by atoms with Crippen molar-refractivity contribution < 1.29 is 22.7 Å². The van der Waals surface area contributed by atoms with Gasteiger partial charge in [-0.3, -0.25) is 14.3 Å². The fourth-order valence-corrected chi connectivity index (χ4v) is 4.54. The summed E-state index contributed by atoms with van der Waals surface area (Å²) in [4.78, 5) is 24.7. The molecule has 0 bridgehead atoms. The first-order chi connectivity index (χ1) is 16.1. The van der Waals surface area contributed by atoms with Gasteiger partial charge < -0.3 is 15.4 Å². The Labute approximate surface area is 199 Å². The van der Waals surface area contributed by atoms with Crippen LogP contribution in [0.1, 0.15) is 27.0 Å². The molecule has 0 unspecified atom stereocenters. The number of rotatable bonds is 8. The monoisotopic (exact) mass is 481 g/mol. The van der Waals surface area contributed by atoms with Crippen molar-refractivity contribution in [1.29, 1.82) is 0 Å². The van der Waals surface area contributed by atoms with Crippen molar-refractivity contribution in [3.63, 3.8) is 0 Å². The molecule has 2 amide bonds. The molecule has 0 radical (unpaired) electrons. The Kier molecular flexibility index (Phi) is 7.57. The third-order valence-electron chi connectivity index (χ3n) is 5.12. The Hall–Kier alpha value is -3.85. The number of nitrogens with one attached hydrogen (secondary N) is 3. The van der Waals surface area contributed by atoms with E-state index in [2.05, 4.69) is 15.4 Å². The highest BCUT2D eigenvalue weighted by atomic mass is 32.2. The predicted molar refractivity (Wildman–Crippen MR) is 132 cm³/mol. The lowest BCUT2D eigenvalue weighted by Crippen LogP contribution is -2.33. The van der Waals surface area contributed by atoms with Crippen LogP contribution in [0.4, 0.5) is 11.4 Å². The third-order valence-corrected chi connectivity index (χ3v) is 6.52. The number of carbonyl (C=O) groups is 2. The van der Waals surface area contributed by atoms with E-state index in [0.717, 1.165) is 22.4 Å². The molecular formula is C25H27N3O5S. The summed E-state index contributed by atoms with van der Waals surface area (Å²) in [7, 11) is -2.31. The van der Waals surface area contributed by atoms with Crippen LogP contribution in [0.5, 0.6) is 5.75 Å². The summed E-state index contributed by atoms with van der Waals surface area (Å²) in [6, 6.07) is 15.9. The second-order valence-corrected chi connectivity index (χ2v) is 9.55. The Morgan fingerprint density at radius 3 is 2.03 bits per heavy atom. The van der Waals surface area contributed by atoms with Gasteiger partial charge >= 0.3 is 0 Å². The minimum absolute atomic E-state index is 0.00272. The van der Waals surface area contributed by atoms with Crippen molar-refractivity contribution in [3.05, 3.63) is 82.9 Å². The van der Waals surface area contributed by atoms with Crippen LogP contribution in [-0.2, 0) is 14.8 Å². The van der Waals surface area contributed by atoms with Crippen LogP contribution in [0.25, 0.3) is 0 Å². The topological polar surface area (TPSA) is 114 Å². The molecule has 9 heteroatoms. The van der Waals surface area contributed by atoms with Crippen LogP contribution < -0.4 is 20.1 Å². The van der Waals surface area contributed by atoms with Crippen LogP contribution in [0.15, 0.2) is 65.6 Å². The van der Waals surface area contributed by atoms with E-state index < -0.39 is 15.9 Å². The summed E-state index contributed by atoms with van der Waals surface area (Å²) in [5.74, 6) is -0.234. The van der Waals surface area contributed by atoms with Gasteiger partial charge in [-0.05, 0) is 80.4 Å². The van der Waals surface area contributed by atoms with Gasteiger partial charge in [0.15, 0.2) is 0 Å². The molecule has 0 saturated carbocycles. The van der Waals surface area contributed by atoms with E-state index in [1.807, 2.05) is 32.9 Å². The number of hydrogen-bond donors (Lipinski definition) is 3. The molecule has 0 heterocycles. The number of hydrogen-bond acceptors (Lipinski definition) is 5. The average molecular weight is 482 g/mol. The van der Waals surface area contributed by atoms with Gasteiger partial charge in [-0.25, -0.2) is 8.42 Å². The molecule has 3 aromatic rings. The lowest BCUT2D eigenvalue weighted by atomic mass is 10.1. The zero-order chi connectivity index (χ0) is 24.9. The van der Waals surface area contributed by atoms with E-state index in [0.29, 0.717) is 11.4 Å². The minimum atomic E-state index is -3.83. The highest BCUT2D eigenvalue weighted by Crippen LogP contribution is 2.22. The van der Waals surface area contributed by atoms with Gasteiger partial charge in [0.2, 0.25) is 5.91 Å². The van der Waals surface area contributed by atoms with Crippen molar-refractivity contribution >= 4 is 33.2 Å². The number of amides is 2. The molecule has 0 saturated heterocycles. The molecule has 178 valence electrons. The summed E-state index contributed by atoms with van der Waals surface area (Å²) in [5.41, 5.74) is 4.33. The number of ether oxygens (including phenoxy) is 1. The normalized spacial score (nSPS) is 10.9. The summed E-state index contributed by atoms with van der Waals surface area (Å²) < 4.78 is 32.7. The molecule has 3 N–H and O–H groups in total. The molecule has 0 spiro atoms. The van der Waals surface area contributed by atoms with Gasteiger partial charge in [-0.2, -0.15) is 0 Å². The quantitative estimate of drug-likeness (QED) is 0.453. The highest BCUT2D eigenvalue weighted by Gasteiger charge is 2.16. The van der Waals surface area contributed by atoms with Gasteiger partial charge in [0.05, 0.1) is 18.6 Å². The summed E-state index contributed by atoms with van der Waals surface area (Å²) in [5, 5.41) is 5.37. The fraction of sp³-hybridized carbons (Fsp3) is 0.200. The van der Waals surface area contributed by atoms with E-state index in [9.17, 15) is 18.0 Å². The lowest BCUT2D eigenvalue weighted by Gasteiger charge is -2.13. The van der Waals surface area contributed by atoms with Crippen molar-refractivity contribution in [2.45, 2.75) is 25.7 Å². The van der Waals surface area contributed by atoms with Crippen LogP contribution in [-0.4, -0.2) is 33.9 Å². The summed E-state index contributed by atoms with van der Waals surface area (Å²) in [6.45, 7) is 5.59. The van der Waals surface area contributed by atoms with Gasteiger partial charge in [0.1, 0.15) is 5.75 Å². The summed E-state index contributed by atoms with van der Waals surface area (Å²) >= 11 is 0. The number of aryl methyl sites for hydroxylation is 3. The first-order valence-electron chi connectivity index (χ1n) is 10.5. The van der Waals surface area contributed by atoms with Crippen LogP contribution in [0.2, 0.25) is 0 Å². The SMILES string of the molecule is COc1ccc(NS(=O)(=O)c2ccc(C(=O)NCC(=O)Nc3c(C)cc(C)cc3C)cc2)cc1. The number of anilines is 2. The largest absolute Gasteiger partial charge is 0.497 e. The van der Waals surface area contributed by atoms with Gasteiger partial charge in [0, 0.05) is 16.9 Å². The Balaban J connectivity index is 1.59. The highest BCUT2D eigenvalue weighted by molar-refractivity contribution is 7.92. The van der Waals surface area contributed by atoms with Crippen molar-refractivity contribution in [1.82, 2.24) is 5.32 Å². The standard InChI is InChI=1S/C25H27N3O5S/c1-16-13-17(2)24(18(3)14-16)27-23(29)15-26-25(30)19-5-11-22(12-6-19)34(31,32)28-20-7-9-21(33-4)10-8-20/h5-14,28H,15H2,1-4H3,(H,26,30)(H,27,29). The van der Waals surface area contributed by atoms with Gasteiger partial charge in [-0.15, -0.1) is 0 Å². The second kappa shape index (κ2) is 10.4. The first kappa shape index (κ1) is 24.8. The van der Waals surface area contributed by atoms with Crippen molar-refractivity contribution in [3.8, 4) is 5.75 Å². The van der Waals surface area contributed by atoms with Gasteiger partial charge in [0.25, 0.3) is 15.9 Å². The Bertz CT molecular complexity index is 1280. The molecule has 3 rings (SSSR count). The number of carbonyl (C=O) groups excluding carboxylic acids is 2. The zero-order valence-corrected chi connectivity index (χ0v) is 20.2. The van der Waals surface area contributed by atoms with E-state index in [1.54, 1.807) is 24.3 Å². The average Bonchev–Trinajstić information content (AvgIpc) is 2.80. The van der Waals surface area contributed by atoms with Crippen LogP contribution in [0, 0.1) is 20.8 Å². The number of benzene rings is 3. The predicted octanol–water partition coefficient (Wildman–Crippen LogP) is 3.79. The Morgan fingerprint density at radius 2 is 1.47 bits per heavy atom. The molecule has 0 fully saturated rings. The molecule has 0 aliphatic heterocycles. The second-order valence-electron chi connectivity index (χ2n) is 7.86.